The second-order valence-corrected chi connectivity index (χ2v) is 4.91. The third kappa shape index (κ3) is 4.45. The van der Waals surface area contributed by atoms with Gasteiger partial charge < -0.3 is 19.1 Å². The van der Waals surface area contributed by atoms with Gasteiger partial charge in [0.25, 0.3) is 0 Å². The van der Waals surface area contributed by atoms with Crippen LogP contribution in [-0.2, 0) is 16.1 Å². The van der Waals surface area contributed by atoms with E-state index in [1.807, 2.05) is 24.1 Å². The molecule has 0 spiro atoms. The highest BCUT2D eigenvalue weighted by Crippen LogP contribution is 2.33. The third-order valence-corrected chi connectivity index (χ3v) is 3.38. The van der Waals surface area contributed by atoms with E-state index >= 15 is 0 Å². The van der Waals surface area contributed by atoms with Crippen LogP contribution in [0.15, 0.2) is 28.9 Å². The van der Waals surface area contributed by atoms with E-state index in [2.05, 4.69) is 20.7 Å². The van der Waals surface area contributed by atoms with Crippen molar-refractivity contribution >= 4 is 21.9 Å². The molecule has 0 aliphatic rings. The van der Waals surface area contributed by atoms with E-state index in [1.54, 1.807) is 20.4 Å². The normalized spacial score (nSPS) is 10.4. The molecule has 1 rings (SSSR count). The lowest BCUT2D eigenvalue weighted by Gasteiger charge is -2.17. The molecule has 0 bridgehead atoms. The van der Waals surface area contributed by atoms with Crippen LogP contribution in [0, 0.1) is 0 Å². The minimum Gasteiger partial charge on any atom is -0.493 e. The van der Waals surface area contributed by atoms with E-state index in [1.165, 1.54) is 13.2 Å². The van der Waals surface area contributed by atoms with E-state index in [9.17, 15) is 4.79 Å². The van der Waals surface area contributed by atoms with Crippen molar-refractivity contribution in [3.63, 3.8) is 0 Å². The zero-order valence-corrected chi connectivity index (χ0v) is 13.6. The Kier molecular flexibility index (Phi) is 6.38. The molecule has 1 aromatic carbocycles. The second kappa shape index (κ2) is 7.79. The first-order chi connectivity index (χ1) is 9.51. The number of carbonyl (C=O) groups is 1. The number of rotatable bonds is 6. The number of benzene rings is 1. The predicted octanol–water partition coefficient (Wildman–Crippen LogP) is 2.58. The van der Waals surface area contributed by atoms with Crippen LogP contribution in [0.4, 0.5) is 0 Å². The maximum Gasteiger partial charge on any atom is 0.331 e. The fourth-order valence-corrected chi connectivity index (χ4v) is 2.04. The Bertz CT molecular complexity index is 502. The van der Waals surface area contributed by atoms with Crippen LogP contribution in [0.2, 0.25) is 0 Å². The number of carbonyl (C=O) groups excluding carboxylic acids is 1. The first-order valence-corrected chi connectivity index (χ1v) is 6.68. The molecular formula is C14H18BrNO4. The fraction of sp³-hybridized carbons (Fsp3) is 0.357. The highest BCUT2D eigenvalue weighted by molar-refractivity contribution is 9.10. The average molecular weight is 344 g/mol. The first kappa shape index (κ1) is 16.4. The molecular weight excluding hydrogens is 326 g/mol. The van der Waals surface area contributed by atoms with E-state index in [4.69, 9.17) is 9.47 Å². The lowest BCUT2D eigenvalue weighted by molar-refractivity contribution is -0.134. The number of halogens is 1. The molecule has 6 heteroatoms. The van der Waals surface area contributed by atoms with Gasteiger partial charge in [-0.15, -0.1) is 0 Å². The standard InChI is InChI=1S/C14H18BrNO4/c1-16(6-5-14(17)20-4)9-10-7-12(18-2)13(19-3)8-11(10)15/h5-8H,9H2,1-4H3/b6-5+. The van der Waals surface area contributed by atoms with E-state index < -0.39 is 0 Å². The van der Waals surface area contributed by atoms with Gasteiger partial charge in [-0.05, 0) is 17.7 Å². The molecule has 0 N–H and O–H groups in total. The minimum atomic E-state index is -0.386. The molecule has 0 heterocycles. The predicted molar refractivity (Wildman–Crippen MR) is 79.9 cm³/mol. The van der Waals surface area contributed by atoms with Crippen LogP contribution in [-0.4, -0.2) is 39.2 Å². The van der Waals surface area contributed by atoms with Crippen molar-refractivity contribution in [2.45, 2.75) is 6.54 Å². The summed E-state index contributed by atoms with van der Waals surface area (Å²) in [7, 11) is 6.39. The lowest BCUT2D eigenvalue weighted by Crippen LogP contribution is -2.12. The summed E-state index contributed by atoms with van der Waals surface area (Å²) in [6.07, 6.45) is 3.03. The SMILES string of the molecule is COC(=O)/C=C/N(C)Cc1cc(OC)c(OC)cc1Br. The monoisotopic (exact) mass is 343 g/mol. The number of methoxy groups -OCH3 is 3. The average Bonchev–Trinajstić information content (AvgIpc) is 2.46. The molecule has 5 nitrogen and oxygen atoms in total. The Morgan fingerprint density at radius 1 is 1.25 bits per heavy atom. The van der Waals surface area contributed by atoms with Crippen LogP contribution in [0.1, 0.15) is 5.56 Å². The summed E-state index contributed by atoms with van der Waals surface area (Å²) in [5.74, 6) is 0.940. The molecule has 0 amide bonds. The van der Waals surface area contributed by atoms with Crippen LogP contribution < -0.4 is 9.47 Å². The topological polar surface area (TPSA) is 48.0 Å². The van der Waals surface area contributed by atoms with Gasteiger partial charge >= 0.3 is 5.97 Å². The summed E-state index contributed by atoms with van der Waals surface area (Å²) in [5.41, 5.74) is 1.01. The second-order valence-electron chi connectivity index (χ2n) is 4.05. The van der Waals surface area contributed by atoms with Crippen molar-refractivity contribution in [1.29, 1.82) is 0 Å². The zero-order chi connectivity index (χ0) is 15.1. The molecule has 0 aliphatic heterocycles. The van der Waals surface area contributed by atoms with E-state index in [0.29, 0.717) is 18.0 Å². The maximum absolute atomic E-state index is 11.0. The summed E-state index contributed by atoms with van der Waals surface area (Å²) in [6.45, 7) is 0.606. The smallest absolute Gasteiger partial charge is 0.331 e. The van der Waals surface area contributed by atoms with Gasteiger partial charge in [0.05, 0.1) is 21.3 Å². The summed E-state index contributed by atoms with van der Waals surface area (Å²) >= 11 is 3.50. The third-order valence-electron chi connectivity index (χ3n) is 2.64. The van der Waals surface area contributed by atoms with Gasteiger partial charge in [-0.2, -0.15) is 0 Å². The Labute approximate surface area is 127 Å². The minimum absolute atomic E-state index is 0.386. The van der Waals surface area contributed by atoms with Crippen LogP contribution in [0.3, 0.4) is 0 Å². The number of hydrogen-bond donors (Lipinski definition) is 0. The quantitative estimate of drug-likeness (QED) is 0.586. The van der Waals surface area contributed by atoms with Crippen molar-refractivity contribution in [2.75, 3.05) is 28.4 Å². The van der Waals surface area contributed by atoms with Crippen molar-refractivity contribution < 1.29 is 19.0 Å². The molecule has 110 valence electrons. The molecule has 0 unspecified atom stereocenters. The van der Waals surface area contributed by atoms with Gasteiger partial charge in [-0.25, -0.2) is 4.79 Å². The fourth-order valence-electron chi connectivity index (χ4n) is 1.59. The Balaban J connectivity index is 2.87. The molecule has 0 aromatic heterocycles. The summed E-state index contributed by atoms with van der Waals surface area (Å²) in [6, 6.07) is 3.75. The van der Waals surface area contributed by atoms with Crippen molar-refractivity contribution in [2.24, 2.45) is 0 Å². The van der Waals surface area contributed by atoms with E-state index in [0.717, 1.165) is 10.0 Å². The van der Waals surface area contributed by atoms with Crippen LogP contribution in [0.5, 0.6) is 11.5 Å². The van der Waals surface area contributed by atoms with E-state index in [-0.39, 0.29) is 5.97 Å². The number of hydrogen-bond acceptors (Lipinski definition) is 5. The van der Waals surface area contributed by atoms with Gasteiger partial charge in [0.1, 0.15) is 0 Å². The van der Waals surface area contributed by atoms with Gasteiger partial charge in [0.15, 0.2) is 11.5 Å². The zero-order valence-electron chi connectivity index (χ0n) is 12.0. The lowest BCUT2D eigenvalue weighted by atomic mass is 10.2. The van der Waals surface area contributed by atoms with Crippen molar-refractivity contribution in [3.8, 4) is 11.5 Å². The van der Waals surface area contributed by atoms with Crippen molar-refractivity contribution in [1.82, 2.24) is 4.90 Å². The van der Waals surface area contributed by atoms with Gasteiger partial charge in [0, 0.05) is 30.3 Å². The molecule has 0 saturated heterocycles. The van der Waals surface area contributed by atoms with Crippen LogP contribution >= 0.6 is 15.9 Å². The molecule has 0 fully saturated rings. The molecule has 0 radical (unpaired) electrons. The summed E-state index contributed by atoms with van der Waals surface area (Å²) in [5, 5.41) is 0. The molecule has 1 aromatic rings. The van der Waals surface area contributed by atoms with Crippen molar-refractivity contribution in [3.05, 3.63) is 34.4 Å². The molecule has 0 aliphatic carbocycles. The summed E-state index contributed by atoms with van der Waals surface area (Å²) in [4.78, 5) is 12.9. The molecule has 20 heavy (non-hydrogen) atoms. The highest BCUT2D eigenvalue weighted by Gasteiger charge is 2.10. The molecule has 0 saturated carbocycles. The Morgan fingerprint density at radius 3 is 2.40 bits per heavy atom. The van der Waals surface area contributed by atoms with Gasteiger partial charge in [-0.1, -0.05) is 15.9 Å². The Hall–Kier alpha value is -1.69. The highest BCUT2D eigenvalue weighted by atomic mass is 79.9. The van der Waals surface area contributed by atoms with Gasteiger partial charge in [0.2, 0.25) is 0 Å². The largest absolute Gasteiger partial charge is 0.493 e. The first-order valence-electron chi connectivity index (χ1n) is 5.88. The maximum atomic E-state index is 11.0. The van der Waals surface area contributed by atoms with Crippen LogP contribution in [0.25, 0.3) is 0 Å². The number of esters is 1. The number of ether oxygens (including phenoxy) is 3. The molecule has 0 atom stereocenters. The Morgan fingerprint density at radius 2 is 1.85 bits per heavy atom. The summed E-state index contributed by atoms with van der Waals surface area (Å²) < 4.78 is 16.0. The van der Waals surface area contributed by atoms with Gasteiger partial charge in [-0.3, -0.25) is 0 Å². The number of nitrogens with zero attached hydrogens (tertiary/aromatic N) is 1.